The summed E-state index contributed by atoms with van der Waals surface area (Å²) in [6.45, 7) is 2.79. The Kier molecular flexibility index (Phi) is 8.14. The molecule has 0 aliphatic carbocycles. The molecule has 0 spiro atoms. The molecule has 2 aromatic carbocycles. The van der Waals surface area contributed by atoms with Gasteiger partial charge in [-0.25, -0.2) is 0 Å². The highest BCUT2D eigenvalue weighted by atomic mass is 16.5. The molecule has 7 heteroatoms. The molecule has 0 aliphatic rings. The van der Waals surface area contributed by atoms with Crippen LogP contribution in [0.4, 0.5) is 5.69 Å². The fourth-order valence-corrected chi connectivity index (χ4v) is 2.59. The second-order valence-corrected chi connectivity index (χ2v) is 5.91. The first kappa shape index (κ1) is 21.1. The number of ether oxygens (including phenoxy) is 3. The van der Waals surface area contributed by atoms with Crippen molar-refractivity contribution >= 4 is 17.5 Å². The summed E-state index contributed by atoms with van der Waals surface area (Å²) < 4.78 is 15.8. The van der Waals surface area contributed by atoms with Gasteiger partial charge in [-0.3, -0.25) is 9.59 Å². The summed E-state index contributed by atoms with van der Waals surface area (Å²) in [5, 5.41) is 5.63. The van der Waals surface area contributed by atoms with Crippen LogP contribution in [-0.4, -0.2) is 39.2 Å². The van der Waals surface area contributed by atoms with Gasteiger partial charge in [-0.1, -0.05) is 12.1 Å². The quantitative estimate of drug-likeness (QED) is 0.612. The van der Waals surface area contributed by atoms with Crippen LogP contribution in [0.3, 0.4) is 0 Å². The molecule has 0 saturated heterocycles. The zero-order valence-corrected chi connectivity index (χ0v) is 16.4. The van der Waals surface area contributed by atoms with Gasteiger partial charge < -0.3 is 24.8 Å². The third-order valence-corrected chi connectivity index (χ3v) is 3.97. The summed E-state index contributed by atoms with van der Waals surface area (Å²) in [7, 11) is 3.05. The second-order valence-electron chi connectivity index (χ2n) is 5.91. The van der Waals surface area contributed by atoms with Crippen LogP contribution in [0, 0.1) is 0 Å². The van der Waals surface area contributed by atoms with E-state index in [4.69, 9.17) is 14.2 Å². The Bertz CT molecular complexity index is 807. The average Bonchev–Trinajstić information content (AvgIpc) is 2.72. The van der Waals surface area contributed by atoms with Gasteiger partial charge in [-0.05, 0) is 43.7 Å². The molecular formula is C21H26N2O5. The van der Waals surface area contributed by atoms with Crippen LogP contribution < -0.4 is 24.8 Å². The molecule has 7 nitrogen and oxygen atoms in total. The van der Waals surface area contributed by atoms with Crippen LogP contribution in [0.25, 0.3) is 0 Å². The normalized spacial score (nSPS) is 10.1. The molecular weight excluding hydrogens is 360 g/mol. The Morgan fingerprint density at radius 1 is 0.964 bits per heavy atom. The molecule has 0 atom stereocenters. The topological polar surface area (TPSA) is 85.9 Å². The van der Waals surface area contributed by atoms with E-state index in [1.54, 1.807) is 24.3 Å². The Balaban J connectivity index is 1.79. The van der Waals surface area contributed by atoms with E-state index in [-0.39, 0.29) is 18.2 Å². The highest BCUT2D eigenvalue weighted by Crippen LogP contribution is 2.27. The molecule has 2 rings (SSSR count). The van der Waals surface area contributed by atoms with Crippen molar-refractivity contribution in [1.82, 2.24) is 5.32 Å². The van der Waals surface area contributed by atoms with E-state index in [9.17, 15) is 9.59 Å². The van der Waals surface area contributed by atoms with Crippen molar-refractivity contribution in [3.05, 3.63) is 48.0 Å². The molecule has 28 heavy (non-hydrogen) atoms. The van der Waals surface area contributed by atoms with Gasteiger partial charge in [0.15, 0.2) is 11.5 Å². The number of anilines is 1. The Morgan fingerprint density at radius 3 is 2.43 bits per heavy atom. The van der Waals surface area contributed by atoms with Gasteiger partial charge in [0.25, 0.3) is 5.91 Å². The first-order chi connectivity index (χ1) is 13.6. The zero-order chi connectivity index (χ0) is 20.4. The molecule has 2 amide bonds. The van der Waals surface area contributed by atoms with Crippen molar-refractivity contribution in [2.45, 2.75) is 19.8 Å². The van der Waals surface area contributed by atoms with Crippen LogP contribution in [0.5, 0.6) is 17.2 Å². The zero-order valence-electron chi connectivity index (χ0n) is 16.4. The van der Waals surface area contributed by atoms with Crippen molar-refractivity contribution in [2.75, 3.05) is 32.7 Å². The minimum absolute atomic E-state index is 0.132. The molecule has 2 aromatic rings. The van der Waals surface area contributed by atoms with E-state index in [0.717, 1.165) is 0 Å². The van der Waals surface area contributed by atoms with Gasteiger partial charge in [-0.2, -0.15) is 0 Å². The predicted octanol–water partition coefficient (Wildman–Crippen LogP) is 3.25. The first-order valence-electron chi connectivity index (χ1n) is 9.11. The highest BCUT2D eigenvalue weighted by Gasteiger charge is 2.11. The van der Waals surface area contributed by atoms with E-state index < -0.39 is 0 Å². The molecule has 0 aromatic heterocycles. The lowest BCUT2D eigenvalue weighted by Crippen LogP contribution is -2.25. The van der Waals surface area contributed by atoms with Crippen molar-refractivity contribution in [3.8, 4) is 17.2 Å². The third kappa shape index (κ3) is 5.90. The molecule has 0 radical (unpaired) electrons. The standard InChI is InChI=1S/C21H26N2O5/c1-4-28-17-9-6-5-8-16(17)23-20(24)10-7-13-22-21(25)15-11-12-18(26-2)19(14-15)27-3/h5-6,8-9,11-12,14H,4,7,10,13H2,1-3H3,(H,22,25)(H,23,24). The number of hydrogen-bond donors (Lipinski definition) is 2. The lowest BCUT2D eigenvalue weighted by Gasteiger charge is -2.11. The summed E-state index contributed by atoms with van der Waals surface area (Å²) in [6.07, 6.45) is 0.800. The number of rotatable bonds is 10. The molecule has 0 heterocycles. The number of hydrogen-bond acceptors (Lipinski definition) is 5. The number of para-hydroxylation sites is 2. The van der Waals surface area contributed by atoms with Gasteiger partial charge in [0.2, 0.25) is 5.91 Å². The van der Waals surface area contributed by atoms with Crippen LogP contribution >= 0.6 is 0 Å². The smallest absolute Gasteiger partial charge is 0.251 e. The lowest BCUT2D eigenvalue weighted by molar-refractivity contribution is -0.116. The summed E-state index contributed by atoms with van der Waals surface area (Å²) in [6, 6.07) is 12.2. The van der Waals surface area contributed by atoms with E-state index in [1.165, 1.54) is 14.2 Å². The average molecular weight is 386 g/mol. The minimum atomic E-state index is -0.233. The van der Waals surface area contributed by atoms with Crippen LogP contribution in [-0.2, 0) is 4.79 Å². The van der Waals surface area contributed by atoms with Crippen molar-refractivity contribution in [3.63, 3.8) is 0 Å². The van der Waals surface area contributed by atoms with Crippen LogP contribution in [0.15, 0.2) is 42.5 Å². The fourth-order valence-electron chi connectivity index (χ4n) is 2.59. The summed E-state index contributed by atoms with van der Waals surface area (Å²) in [5.74, 6) is 1.32. The maximum atomic E-state index is 12.2. The van der Waals surface area contributed by atoms with Crippen molar-refractivity contribution in [2.24, 2.45) is 0 Å². The van der Waals surface area contributed by atoms with Gasteiger partial charge in [0.1, 0.15) is 5.75 Å². The first-order valence-corrected chi connectivity index (χ1v) is 9.11. The largest absolute Gasteiger partial charge is 0.493 e. The number of methoxy groups -OCH3 is 2. The van der Waals surface area contributed by atoms with Crippen LogP contribution in [0.1, 0.15) is 30.1 Å². The molecule has 2 N–H and O–H groups in total. The lowest BCUT2D eigenvalue weighted by atomic mass is 10.2. The van der Waals surface area contributed by atoms with E-state index in [2.05, 4.69) is 10.6 Å². The van der Waals surface area contributed by atoms with E-state index >= 15 is 0 Å². The van der Waals surface area contributed by atoms with Crippen LogP contribution in [0.2, 0.25) is 0 Å². The summed E-state index contributed by atoms with van der Waals surface area (Å²) in [4.78, 5) is 24.4. The second kappa shape index (κ2) is 10.8. The third-order valence-electron chi connectivity index (χ3n) is 3.97. The van der Waals surface area contributed by atoms with Gasteiger partial charge >= 0.3 is 0 Å². The number of amides is 2. The minimum Gasteiger partial charge on any atom is -0.493 e. The highest BCUT2D eigenvalue weighted by molar-refractivity contribution is 5.95. The summed E-state index contributed by atoms with van der Waals surface area (Å²) >= 11 is 0. The predicted molar refractivity (Wildman–Crippen MR) is 107 cm³/mol. The number of nitrogens with one attached hydrogen (secondary N) is 2. The number of carbonyl (C=O) groups is 2. The Labute approximate surface area is 165 Å². The SMILES string of the molecule is CCOc1ccccc1NC(=O)CCCNC(=O)c1ccc(OC)c(OC)c1. The summed E-state index contributed by atoms with van der Waals surface area (Å²) in [5.41, 5.74) is 1.11. The van der Waals surface area contributed by atoms with Gasteiger partial charge in [0, 0.05) is 18.5 Å². The molecule has 0 bridgehead atoms. The van der Waals surface area contributed by atoms with Crippen molar-refractivity contribution in [1.29, 1.82) is 0 Å². The monoisotopic (exact) mass is 386 g/mol. The number of benzene rings is 2. The van der Waals surface area contributed by atoms with Gasteiger partial charge in [-0.15, -0.1) is 0 Å². The molecule has 0 aliphatic heterocycles. The molecule has 0 unspecified atom stereocenters. The maximum Gasteiger partial charge on any atom is 0.251 e. The fraction of sp³-hybridized carbons (Fsp3) is 0.333. The molecule has 150 valence electrons. The van der Waals surface area contributed by atoms with Crippen molar-refractivity contribution < 1.29 is 23.8 Å². The Morgan fingerprint density at radius 2 is 1.71 bits per heavy atom. The Hall–Kier alpha value is -3.22. The van der Waals surface area contributed by atoms with Gasteiger partial charge in [0.05, 0.1) is 26.5 Å². The van der Waals surface area contributed by atoms with E-state index in [1.807, 2.05) is 25.1 Å². The maximum absolute atomic E-state index is 12.2. The molecule has 0 fully saturated rings. The molecule has 0 saturated carbocycles. The number of carbonyl (C=O) groups excluding carboxylic acids is 2. The van der Waals surface area contributed by atoms with E-state index in [0.29, 0.717) is 48.1 Å².